The highest BCUT2D eigenvalue weighted by molar-refractivity contribution is 5.92. The number of hydrogen-bond acceptors (Lipinski definition) is 4. The van der Waals surface area contributed by atoms with Gasteiger partial charge in [0.05, 0.1) is 19.9 Å². The summed E-state index contributed by atoms with van der Waals surface area (Å²) < 4.78 is 10.4. The number of pyridine rings is 1. The highest BCUT2D eigenvalue weighted by Crippen LogP contribution is 2.29. The Labute approximate surface area is 150 Å². The molecule has 0 aliphatic rings. The molecule has 1 aromatic heterocycles. The highest BCUT2D eigenvalue weighted by atomic mass is 16.5. The molecule has 6 nitrogen and oxygen atoms in total. The molecule has 1 heterocycles. The smallest absolute Gasteiger partial charge is 0.251 e. The minimum absolute atomic E-state index is 0.168. The number of fused-ring (bicyclic) bond motifs is 1. The lowest BCUT2D eigenvalue weighted by Crippen LogP contribution is -2.17. The minimum atomic E-state index is -0.193. The van der Waals surface area contributed by atoms with Crippen LogP contribution in [0.1, 0.15) is 12.0 Å². The van der Waals surface area contributed by atoms with E-state index in [0.717, 1.165) is 10.9 Å². The zero-order chi connectivity index (χ0) is 18.5. The van der Waals surface area contributed by atoms with E-state index in [1.54, 1.807) is 25.3 Å². The van der Waals surface area contributed by atoms with E-state index in [-0.39, 0.29) is 17.9 Å². The molecular formula is C20H20N2O4. The topological polar surface area (TPSA) is 80.4 Å². The van der Waals surface area contributed by atoms with Crippen LogP contribution in [0.25, 0.3) is 10.9 Å². The van der Waals surface area contributed by atoms with Crippen molar-refractivity contribution < 1.29 is 14.3 Å². The van der Waals surface area contributed by atoms with E-state index in [4.69, 9.17) is 9.47 Å². The van der Waals surface area contributed by atoms with Gasteiger partial charge in [0.15, 0.2) is 0 Å². The number of carbonyl (C=O) groups is 1. The predicted octanol–water partition coefficient (Wildman–Crippen LogP) is 3.12. The number of methoxy groups -OCH3 is 2. The summed E-state index contributed by atoms with van der Waals surface area (Å²) in [5.74, 6) is 0.963. The van der Waals surface area contributed by atoms with Gasteiger partial charge in [-0.15, -0.1) is 0 Å². The molecule has 6 heteroatoms. The molecule has 0 bridgehead atoms. The van der Waals surface area contributed by atoms with Crippen LogP contribution in [0.2, 0.25) is 0 Å². The number of amides is 1. The Bertz CT molecular complexity index is 995. The Hall–Kier alpha value is -3.28. The van der Waals surface area contributed by atoms with Crippen LogP contribution in [-0.2, 0) is 11.2 Å². The fourth-order valence-electron chi connectivity index (χ4n) is 2.74. The lowest BCUT2D eigenvalue weighted by molar-refractivity contribution is -0.116. The number of hydrogen-bond donors (Lipinski definition) is 2. The third-order valence-corrected chi connectivity index (χ3v) is 4.13. The number of aromatic nitrogens is 1. The van der Waals surface area contributed by atoms with Gasteiger partial charge in [-0.25, -0.2) is 0 Å². The number of ether oxygens (including phenoxy) is 2. The zero-order valence-electron chi connectivity index (χ0n) is 14.7. The minimum Gasteiger partial charge on any atom is -0.497 e. The van der Waals surface area contributed by atoms with Gasteiger partial charge in [-0.3, -0.25) is 9.59 Å². The van der Waals surface area contributed by atoms with Gasteiger partial charge in [0.1, 0.15) is 11.5 Å². The Balaban J connectivity index is 1.70. The summed E-state index contributed by atoms with van der Waals surface area (Å²) in [6.45, 7) is 0. The second-order valence-electron chi connectivity index (χ2n) is 5.83. The molecule has 0 atom stereocenters. The summed E-state index contributed by atoms with van der Waals surface area (Å²) in [6.07, 6.45) is 0.543. The Morgan fingerprint density at radius 3 is 2.65 bits per heavy atom. The SMILES string of the molecule is COc1ccc(NC(=O)CCc2cc3ccccc3[nH]c2=O)c(OC)c1. The number of para-hydroxylation sites is 1. The maximum Gasteiger partial charge on any atom is 0.251 e. The highest BCUT2D eigenvalue weighted by Gasteiger charge is 2.11. The molecule has 0 saturated heterocycles. The van der Waals surface area contributed by atoms with E-state index in [9.17, 15) is 9.59 Å². The number of anilines is 1. The Morgan fingerprint density at radius 1 is 1.08 bits per heavy atom. The summed E-state index contributed by atoms with van der Waals surface area (Å²) in [6, 6.07) is 14.5. The van der Waals surface area contributed by atoms with Crippen molar-refractivity contribution in [2.24, 2.45) is 0 Å². The van der Waals surface area contributed by atoms with Crippen LogP contribution in [0.3, 0.4) is 0 Å². The second-order valence-corrected chi connectivity index (χ2v) is 5.83. The molecule has 0 unspecified atom stereocenters. The molecule has 134 valence electrons. The number of aryl methyl sites for hydroxylation is 1. The first-order valence-electron chi connectivity index (χ1n) is 8.23. The Morgan fingerprint density at radius 2 is 1.88 bits per heavy atom. The van der Waals surface area contributed by atoms with Gasteiger partial charge in [-0.05, 0) is 36.1 Å². The van der Waals surface area contributed by atoms with Crippen molar-refractivity contribution in [2.75, 3.05) is 19.5 Å². The molecular weight excluding hydrogens is 332 g/mol. The third-order valence-electron chi connectivity index (χ3n) is 4.13. The molecule has 0 saturated carbocycles. The molecule has 3 aromatic rings. The number of rotatable bonds is 6. The van der Waals surface area contributed by atoms with E-state index >= 15 is 0 Å². The normalized spacial score (nSPS) is 10.5. The predicted molar refractivity (Wildman–Crippen MR) is 101 cm³/mol. The van der Waals surface area contributed by atoms with Crippen LogP contribution < -0.4 is 20.3 Å². The van der Waals surface area contributed by atoms with Gasteiger partial charge in [0.25, 0.3) is 5.56 Å². The number of benzene rings is 2. The summed E-state index contributed by atoms with van der Waals surface area (Å²) in [5, 5.41) is 3.75. The number of carbonyl (C=O) groups excluding carboxylic acids is 1. The van der Waals surface area contributed by atoms with Gasteiger partial charge < -0.3 is 19.8 Å². The van der Waals surface area contributed by atoms with Gasteiger partial charge >= 0.3 is 0 Å². The first kappa shape index (κ1) is 17.5. The molecule has 0 aliphatic carbocycles. The van der Waals surface area contributed by atoms with Crippen LogP contribution in [0.4, 0.5) is 5.69 Å². The van der Waals surface area contributed by atoms with E-state index < -0.39 is 0 Å². The summed E-state index contributed by atoms with van der Waals surface area (Å²) in [4.78, 5) is 27.3. The van der Waals surface area contributed by atoms with Crippen molar-refractivity contribution in [1.82, 2.24) is 4.98 Å². The molecule has 0 aliphatic heterocycles. The standard InChI is InChI=1S/C20H20N2O4/c1-25-15-8-9-17(18(12-15)26-2)21-19(23)10-7-14-11-13-5-3-4-6-16(13)22-20(14)24/h3-6,8-9,11-12H,7,10H2,1-2H3,(H,21,23)(H,22,24). The average molecular weight is 352 g/mol. The van der Waals surface area contributed by atoms with Crippen LogP contribution >= 0.6 is 0 Å². The summed E-state index contributed by atoms with van der Waals surface area (Å²) in [7, 11) is 3.09. The number of H-pyrrole nitrogens is 1. The Kier molecular flexibility index (Phi) is 5.22. The zero-order valence-corrected chi connectivity index (χ0v) is 14.7. The molecule has 3 rings (SSSR count). The maximum atomic E-state index is 12.3. The molecule has 0 radical (unpaired) electrons. The second kappa shape index (κ2) is 7.74. The molecule has 0 spiro atoms. The maximum absolute atomic E-state index is 12.3. The van der Waals surface area contributed by atoms with Crippen molar-refractivity contribution in [3.05, 3.63) is 64.4 Å². The molecule has 26 heavy (non-hydrogen) atoms. The number of aromatic amines is 1. The summed E-state index contributed by atoms with van der Waals surface area (Å²) >= 11 is 0. The monoisotopic (exact) mass is 352 g/mol. The van der Waals surface area contributed by atoms with E-state index in [1.165, 1.54) is 7.11 Å². The van der Waals surface area contributed by atoms with Crippen LogP contribution in [0.15, 0.2) is 53.3 Å². The molecule has 2 aromatic carbocycles. The fraction of sp³-hybridized carbons (Fsp3) is 0.200. The van der Waals surface area contributed by atoms with Crippen molar-refractivity contribution >= 4 is 22.5 Å². The molecule has 2 N–H and O–H groups in total. The average Bonchev–Trinajstić information content (AvgIpc) is 2.66. The quantitative estimate of drug-likeness (QED) is 0.714. The van der Waals surface area contributed by atoms with E-state index in [0.29, 0.717) is 29.2 Å². The van der Waals surface area contributed by atoms with Gasteiger partial charge in [-0.1, -0.05) is 18.2 Å². The van der Waals surface area contributed by atoms with Crippen LogP contribution in [0.5, 0.6) is 11.5 Å². The van der Waals surface area contributed by atoms with Crippen LogP contribution in [-0.4, -0.2) is 25.1 Å². The molecule has 1 amide bonds. The first-order chi connectivity index (χ1) is 12.6. The lowest BCUT2D eigenvalue weighted by Gasteiger charge is -2.11. The van der Waals surface area contributed by atoms with Gasteiger partial charge in [0, 0.05) is 23.6 Å². The van der Waals surface area contributed by atoms with E-state index in [1.807, 2.05) is 30.3 Å². The van der Waals surface area contributed by atoms with E-state index in [2.05, 4.69) is 10.3 Å². The molecule has 0 fully saturated rings. The van der Waals surface area contributed by atoms with Crippen molar-refractivity contribution in [2.45, 2.75) is 12.8 Å². The third kappa shape index (κ3) is 3.85. The van der Waals surface area contributed by atoms with Gasteiger partial charge in [0.2, 0.25) is 5.91 Å². The fourth-order valence-corrected chi connectivity index (χ4v) is 2.74. The largest absolute Gasteiger partial charge is 0.497 e. The van der Waals surface area contributed by atoms with Gasteiger partial charge in [-0.2, -0.15) is 0 Å². The lowest BCUT2D eigenvalue weighted by atomic mass is 10.1. The van der Waals surface area contributed by atoms with Crippen molar-refractivity contribution in [3.63, 3.8) is 0 Å². The van der Waals surface area contributed by atoms with Crippen molar-refractivity contribution in [1.29, 1.82) is 0 Å². The first-order valence-corrected chi connectivity index (χ1v) is 8.23. The van der Waals surface area contributed by atoms with Crippen LogP contribution in [0, 0.1) is 0 Å². The number of nitrogens with one attached hydrogen (secondary N) is 2. The van der Waals surface area contributed by atoms with Crippen molar-refractivity contribution in [3.8, 4) is 11.5 Å². The summed E-state index contributed by atoms with van der Waals surface area (Å²) in [5.41, 5.74) is 1.76.